The number of nitrogens with zero attached hydrogens (tertiary/aromatic N) is 1. The minimum atomic E-state index is -0.770. The van der Waals surface area contributed by atoms with Gasteiger partial charge in [0.25, 0.3) is 0 Å². The topological polar surface area (TPSA) is 78.6 Å². The van der Waals surface area contributed by atoms with E-state index in [1.807, 2.05) is 18.2 Å². The molecule has 0 radical (unpaired) electrons. The highest BCUT2D eigenvalue weighted by Crippen LogP contribution is 2.43. The van der Waals surface area contributed by atoms with Crippen LogP contribution >= 0.6 is 15.9 Å². The van der Waals surface area contributed by atoms with Crippen LogP contribution in [0.4, 0.5) is 16.2 Å². The van der Waals surface area contributed by atoms with Crippen LogP contribution < -0.4 is 11.1 Å². The number of halogens is 1. The molecule has 1 saturated heterocycles. The van der Waals surface area contributed by atoms with E-state index in [2.05, 4.69) is 33.4 Å². The first-order valence-corrected chi connectivity index (χ1v) is 9.57. The van der Waals surface area contributed by atoms with E-state index in [9.17, 15) is 9.90 Å². The molecule has 1 aliphatic heterocycles. The lowest BCUT2D eigenvalue weighted by Crippen LogP contribution is -2.44. The summed E-state index contributed by atoms with van der Waals surface area (Å²) in [6.07, 6.45) is 3.27. The van der Waals surface area contributed by atoms with Gasteiger partial charge in [0.15, 0.2) is 0 Å². The van der Waals surface area contributed by atoms with Crippen LogP contribution in [0.2, 0.25) is 0 Å². The molecule has 2 fully saturated rings. The van der Waals surface area contributed by atoms with Crippen LogP contribution in [-0.4, -0.2) is 34.7 Å². The first-order valence-electron chi connectivity index (χ1n) is 8.77. The largest absolute Gasteiger partial charge is 0.465 e. The van der Waals surface area contributed by atoms with Crippen LogP contribution in [0.3, 0.4) is 0 Å². The van der Waals surface area contributed by atoms with Gasteiger partial charge in [0.1, 0.15) is 0 Å². The second kappa shape index (κ2) is 6.41. The van der Waals surface area contributed by atoms with Gasteiger partial charge >= 0.3 is 6.09 Å². The van der Waals surface area contributed by atoms with E-state index < -0.39 is 6.09 Å². The molecule has 1 aliphatic carbocycles. The lowest BCUT2D eigenvalue weighted by Gasteiger charge is -2.33. The number of fused-ring (bicyclic) bond motifs is 3. The van der Waals surface area contributed by atoms with Crippen molar-refractivity contribution in [2.45, 2.75) is 37.8 Å². The number of carbonyl (C=O) groups is 1. The quantitative estimate of drug-likeness (QED) is 0.655. The number of nitrogens with one attached hydrogen (secondary N) is 1. The van der Waals surface area contributed by atoms with Gasteiger partial charge in [-0.3, -0.25) is 0 Å². The summed E-state index contributed by atoms with van der Waals surface area (Å²) < 4.78 is 1.03. The summed E-state index contributed by atoms with van der Waals surface area (Å²) in [5.41, 5.74) is 7.98. The zero-order valence-corrected chi connectivity index (χ0v) is 15.5. The number of amides is 1. The van der Waals surface area contributed by atoms with Crippen molar-refractivity contribution in [3.05, 3.63) is 34.8 Å². The Morgan fingerprint density at radius 1 is 1.32 bits per heavy atom. The van der Waals surface area contributed by atoms with Gasteiger partial charge in [0, 0.05) is 28.5 Å². The van der Waals surface area contributed by atoms with Crippen LogP contribution in [0.15, 0.2) is 34.8 Å². The van der Waals surface area contributed by atoms with Gasteiger partial charge in [0.2, 0.25) is 0 Å². The fourth-order valence-electron chi connectivity index (χ4n) is 4.60. The average molecular weight is 404 g/mol. The molecule has 2 aromatic carbocycles. The van der Waals surface area contributed by atoms with Gasteiger partial charge in [-0.15, -0.1) is 0 Å². The van der Waals surface area contributed by atoms with Gasteiger partial charge in [-0.1, -0.05) is 28.1 Å². The normalized spacial score (nSPS) is 24.8. The minimum Gasteiger partial charge on any atom is -0.465 e. The number of hydrogen-bond donors (Lipinski definition) is 3. The van der Waals surface area contributed by atoms with Gasteiger partial charge in [-0.05, 0) is 55.2 Å². The molecule has 2 aromatic rings. The average Bonchev–Trinajstić information content (AvgIpc) is 3.18. The Bertz CT molecular complexity index is 826. The molecule has 0 aromatic heterocycles. The Morgan fingerprint density at radius 2 is 2.16 bits per heavy atom. The Hall–Kier alpha value is -1.95. The number of rotatable bonds is 4. The number of hydrogen-bond acceptors (Lipinski definition) is 3. The van der Waals surface area contributed by atoms with Crippen molar-refractivity contribution in [2.75, 3.05) is 17.6 Å². The van der Waals surface area contributed by atoms with Crippen molar-refractivity contribution in [1.82, 2.24) is 4.90 Å². The zero-order chi connectivity index (χ0) is 17.6. The Labute approximate surface area is 155 Å². The molecule has 6 heteroatoms. The van der Waals surface area contributed by atoms with Crippen molar-refractivity contribution in [3.8, 4) is 0 Å². The molecule has 4 N–H and O–H groups in total. The van der Waals surface area contributed by atoms with Crippen LogP contribution in [0.25, 0.3) is 10.8 Å². The third kappa shape index (κ3) is 2.92. The Kier molecular flexibility index (Phi) is 4.23. The molecule has 5 nitrogen and oxygen atoms in total. The summed E-state index contributed by atoms with van der Waals surface area (Å²) in [5, 5.41) is 15.0. The number of nitrogens with two attached hydrogens (primary N) is 1. The van der Waals surface area contributed by atoms with Crippen LogP contribution in [0.5, 0.6) is 0 Å². The van der Waals surface area contributed by atoms with E-state index in [4.69, 9.17) is 5.73 Å². The van der Waals surface area contributed by atoms with Crippen molar-refractivity contribution in [2.24, 2.45) is 5.92 Å². The summed E-state index contributed by atoms with van der Waals surface area (Å²) in [6, 6.07) is 10.5. The lowest BCUT2D eigenvalue weighted by molar-refractivity contribution is 0.0999. The molecule has 25 heavy (non-hydrogen) atoms. The van der Waals surface area contributed by atoms with Gasteiger partial charge < -0.3 is 21.1 Å². The monoisotopic (exact) mass is 403 g/mol. The molecule has 1 saturated carbocycles. The Morgan fingerprint density at radius 3 is 2.96 bits per heavy atom. The molecule has 1 amide bonds. The highest BCUT2D eigenvalue weighted by molar-refractivity contribution is 9.10. The number of anilines is 2. The molecule has 0 spiro atoms. The van der Waals surface area contributed by atoms with E-state index in [0.29, 0.717) is 5.92 Å². The number of piperidine rings is 1. The second-order valence-corrected chi connectivity index (χ2v) is 8.01. The summed E-state index contributed by atoms with van der Waals surface area (Å²) in [5.74, 6) is 0.522. The highest BCUT2D eigenvalue weighted by atomic mass is 79.9. The molecule has 2 aliphatic rings. The third-order valence-electron chi connectivity index (χ3n) is 5.74. The molecular weight excluding hydrogens is 382 g/mol. The molecule has 3 unspecified atom stereocenters. The maximum absolute atomic E-state index is 11.5. The first-order chi connectivity index (χ1) is 12.0. The van der Waals surface area contributed by atoms with Crippen molar-refractivity contribution >= 4 is 44.2 Å². The summed E-state index contributed by atoms with van der Waals surface area (Å²) >= 11 is 3.48. The van der Waals surface area contributed by atoms with E-state index >= 15 is 0 Å². The summed E-state index contributed by atoms with van der Waals surface area (Å²) in [7, 11) is 0. The maximum Gasteiger partial charge on any atom is 0.407 e. The molecule has 2 bridgehead atoms. The van der Waals surface area contributed by atoms with E-state index in [1.54, 1.807) is 4.90 Å². The third-order valence-corrected chi connectivity index (χ3v) is 6.23. The van der Waals surface area contributed by atoms with E-state index in [0.717, 1.165) is 58.8 Å². The van der Waals surface area contributed by atoms with E-state index in [1.165, 1.54) is 0 Å². The van der Waals surface area contributed by atoms with Crippen LogP contribution in [-0.2, 0) is 0 Å². The highest BCUT2D eigenvalue weighted by Gasteiger charge is 2.47. The number of likely N-dealkylation sites (tertiary alicyclic amines) is 1. The van der Waals surface area contributed by atoms with Gasteiger partial charge in [-0.25, -0.2) is 4.79 Å². The fourth-order valence-corrected chi connectivity index (χ4v) is 4.98. The molecule has 132 valence electrons. The predicted molar refractivity (Wildman–Crippen MR) is 104 cm³/mol. The van der Waals surface area contributed by atoms with E-state index in [-0.39, 0.29) is 12.1 Å². The second-order valence-electron chi connectivity index (χ2n) is 7.09. The smallest absolute Gasteiger partial charge is 0.407 e. The van der Waals surface area contributed by atoms with Crippen molar-refractivity contribution in [1.29, 1.82) is 0 Å². The predicted octanol–water partition coefficient (Wildman–Crippen LogP) is 4.52. The summed E-state index contributed by atoms with van der Waals surface area (Å²) in [4.78, 5) is 13.2. The maximum atomic E-state index is 11.5. The van der Waals surface area contributed by atoms with Crippen molar-refractivity contribution in [3.63, 3.8) is 0 Å². The molecule has 3 atom stereocenters. The fraction of sp³-hybridized carbons (Fsp3) is 0.421. The van der Waals surface area contributed by atoms with Crippen LogP contribution in [0, 0.1) is 5.92 Å². The van der Waals surface area contributed by atoms with Gasteiger partial charge in [-0.2, -0.15) is 0 Å². The minimum absolute atomic E-state index is 0.140. The number of carboxylic acid groups (broad SMARTS) is 1. The molecule has 4 rings (SSSR count). The van der Waals surface area contributed by atoms with Gasteiger partial charge in [0.05, 0.1) is 11.4 Å². The molecule has 1 heterocycles. The van der Waals surface area contributed by atoms with Crippen molar-refractivity contribution < 1.29 is 9.90 Å². The SMILES string of the molecule is Nc1c(NCCC2C3CCC(C3)N2C(=O)O)ccc2cc(Br)ccc12. The Balaban J connectivity index is 1.45. The summed E-state index contributed by atoms with van der Waals surface area (Å²) in [6.45, 7) is 0.726. The first kappa shape index (κ1) is 16.5. The number of nitrogen functional groups attached to an aromatic ring is 1. The number of benzene rings is 2. The zero-order valence-electron chi connectivity index (χ0n) is 13.9. The van der Waals surface area contributed by atoms with Crippen LogP contribution in [0.1, 0.15) is 25.7 Å². The molecular formula is C19H22BrN3O2. The standard InChI is InChI=1S/C19H22BrN3O2/c20-13-3-5-15-11(9-13)2-6-16(18(15)21)22-8-7-17-12-1-4-14(10-12)23(17)19(24)25/h2-3,5-6,9,12,14,17,22H,1,4,7-8,10,21H2,(H,24,25). The lowest BCUT2D eigenvalue weighted by atomic mass is 9.96.